The third-order valence-electron chi connectivity index (χ3n) is 2.85. The third kappa shape index (κ3) is 2.86. The van der Waals surface area contributed by atoms with E-state index in [2.05, 4.69) is 10.2 Å². The van der Waals surface area contributed by atoms with Crippen molar-refractivity contribution in [3.63, 3.8) is 0 Å². The first-order valence-electron chi connectivity index (χ1n) is 6.22. The zero-order chi connectivity index (χ0) is 13.8. The number of aromatic nitrogens is 2. The van der Waals surface area contributed by atoms with Crippen LogP contribution in [0.2, 0.25) is 0 Å². The van der Waals surface area contributed by atoms with Crippen LogP contribution in [0.1, 0.15) is 0 Å². The fourth-order valence-electron chi connectivity index (χ4n) is 1.84. The summed E-state index contributed by atoms with van der Waals surface area (Å²) in [5, 5.41) is 9.35. The lowest BCUT2D eigenvalue weighted by Gasteiger charge is -2.03. The second-order valence-corrected chi connectivity index (χ2v) is 5.28. The molecule has 0 amide bonds. The molecule has 0 spiro atoms. The van der Waals surface area contributed by atoms with Crippen LogP contribution < -0.4 is 9.47 Å². The van der Waals surface area contributed by atoms with E-state index in [-0.39, 0.29) is 6.79 Å². The molecule has 104 valence electrons. The Balaban J connectivity index is 1.74. The highest BCUT2D eigenvalue weighted by molar-refractivity contribution is 7.99. The summed E-state index contributed by atoms with van der Waals surface area (Å²) in [6.45, 7) is 0.982. The van der Waals surface area contributed by atoms with Crippen LogP contribution in [0.25, 0.3) is 11.3 Å². The van der Waals surface area contributed by atoms with Gasteiger partial charge >= 0.3 is 0 Å². The van der Waals surface area contributed by atoms with Crippen molar-refractivity contribution in [1.29, 1.82) is 0 Å². The van der Waals surface area contributed by atoms with Crippen LogP contribution in [0.15, 0.2) is 35.4 Å². The van der Waals surface area contributed by atoms with E-state index >= 15 is 0 Å². The summed E-state index contributed by atoms with van der Waals surface area (Å²) in [5.74, 6) is 2.39. The Bertz CT molecular complexity index is 589. The van der Waals surface area contributed by atoms with Crippen molar-refractivity contribution in [1.82, 2.24) is 10.2 Å². The van der Waals surface area contributed by atoms with Crippen LogP contribution in [0.4, 0.5) is 0 Å². The Hall–Kier alpha value is -1.79. The Labute approximate surface area is 121 Å². The van der Waals surface area contributed by atoms with Crippen LogP contribution in [-0.2, 0) is 4.74 Å². The molecule has 0 atom stereocenters. The van der Waals surface area contributed by atoms with Gasteiger partial charge in [-0.15, -0.1) is 22.0 Å². The zero-order valence-corrected chi connectivity index (χ0v) is 11.9. The molecule has 1 aromatic heterocycles. The van der Waals surface area contributed by atoms with E-state index in [1.807, 2.05) is 30.3 Å². The summed E-state index contributed by atoms with van der Waals surface area (Å²) in [5.41, 5.74) is 1.79. The van der Waals surface area contributed by atoms with Crippen molar-refractivity contribution >= 4 is 11.8 Å². The Morgan fingerprint density at radius 3 is 2.85 bits per heavy atom. The zero-order valence-electron chi connectivity index (χ0n) is 11.0. The van der Waals surface area contributed by atoms with E-state index in [0.717, 1.165) is 33.5 Å². The maximum atomic E-state index is 5.36. The van der Waals surface area contributed by atoms with Crippen molar-refractivity contribution in [2.75, 3.05) is 26.3 Å². The Morgan fingerprint density at radius 1 is 1.15 bits per heavy atom. The third-order valence-corrected chi connectivity index (χ3v) is 3.73. The summed E-state index contributed by atoms with van der Waals surface area (Å²) >= 11 is 1.63. The summed E-state index contributed by atoms with van der Waals surface area (Å²) in [4.78, 5) is 0. The summed E-state index contributed by atoms with van der Waals surface area (Å²) in [7, 11) is 1.69. The normalized spacial score (nSPS) is 12.7. The molecule has 0 saturated heterocycles. The van der Waals surface area contributed by atoms with Gasteiger partial charge in [0.1, 0.15) is 5.03 Å². The van der Waals surface area contributed by atoms with Crippen molar-refractivity contribution in [2.24, 2.45) is 0 Å². The molecule has 2 aromatic rings. The summed E-state index contributed by atoms with van der Waals surface area (Å²) in [6.07, 6.45) is 0. The minimum Gasteiger partial charge on any atom is -0.454 e. The van der Waals surface area contributed by atoms with Gasteiger partial charge in [0.2, 0.25) is 6.79 Å². The van der Waals surface area contributed by atoms with E-state index in [0.29, 0.717) is 6.61 Å². The van der Waals surface area contributed by atoms with Gasteiger partial charge in [0.25, 0.3) is 0 Å². The molecular formula is C14H14N2O3S. The first kappa shape index (κ1) is 13.2. The fraction of sp³-hybridized carbons (Fsp3) is 0.286. The van der Waals surface area contributed by atoms with Gasteiger partial charge in [-0.3, -0.25) is 0 Å². The molecule has 0 N–H and O–H groups in total. The highest BCUT2D eigenvalue weighted by Crippen LogP contribution is 2.35. The van der Waals surface area contributed by atoms with Crippen molar-refractivity contribution < 1.29 is 14.2 Å². The minimum absolute atomic E-state index is 0.277. The number of benzene rings is 1. The van der Waals surface area contributed by atoms with Crippen molar-refractivity contribution in [3.05, 3.63) is 30.3 Å². The van der Waals surface area contributed by atoms with Crippen molar-refractivity contribution in [3.8, 4) is 22.8 Å². The van der Waals surface area contributed by atoms with Gasteiger partial charge < -0.3 is 14.2 Å². The monoisotopic (exact) mass is 290 g/mol. The molecule has 5 nitrogen and oxygen atoms in total. The van der Waals surface area contributed by atoms with Gasteiger partial charge in [0.05, 0.1) is 12.3 Å². The highest BCUT2D eigenvalue weighted by Gasteiger charge is 2.14. The number of nitrogens with zero attached hydrogens (tertiary/aromatic N) is 2. The largest absolute Gasteiger partial charge is 0.454 e. The fourth-order valence-corrected chi connectivity index (χ4v) is 2.56. The van der Waals surface area contributed by atoms with Crippen LogP contribution in [0.3, 0.4) is 0 Å². The minimum atomic E-state index is 0.277. The second-order valence-electron chi connectivity index (χ2n) is 4.17. The standard InChI is InChI=1S/C14H14N2O3S/c1-17-6-7-20-14-5-3-11(15-16-14)10-2-4-12-13(8-10)19-9-18-12/h2-5,8H,6-7,9H2,1H3. The Morgan fingerprint density at radius 2 is 2.05 bits per heavy atom. The number of fused-ring (bicyclic) bond motifs is 1. The molecule has 0 unspecified atom stereocenters. The van der Waals surface area contributed by atoms with Gasteiger partial charge in [-0.25, -0.2) is 0 Å². The van der Waals surface area contributed by atoms with E-state index in [9.17, 15) is 0 Å². The number of rotatable bonds is 5. The number of methoxy groups -OCH3 is 1. The molecule has 1 aliphatic heterocycles. The van der Waals surface area contributed by atoms with Crippen LogP contribution in [-0.4, -0.2) is 36.5 Å². The second kappa shape index (κ2) is 6.11. The average molecular weight is 290 g/mol. The van der Waals surface area contributed by atoms with E-state index in [4.69, 9.17) is 14.2 Å². The Kier molecular flexibility index (Phi) is 4.03. The lowest BCUT2D eigenvalue weighted by atomic mass is 10.1. The molecule has 0 aliphatic carbocycles. The van der Waals surface area contributed by atoms with E-state index in [1.54, 1.807) is 18.9 Å². The molecule has 1 aromatic carbocycles. The van der Waals surface area contributed by atoms with Crippen LogP contribution in [0, 0.1) is 0 Å². The van der Waals surface area contributed by atoms with Crippen LogP contribution >= 0.6 is 11.8 Å². The van der Waals surface area contributed by atoms with E-state index in [1.165, 1.54) is 0 Å². The lowest BCUT2D eigenvalue weighted by Crippen LogP contribution is -1.94. The van der Waals surface area contributed by atoms with Gasteiger partial charge in [0, 0.05) is 18.4 Å². The van der Waals surface area contributed by atoms with Crippen molar-refractivity contribution in [2.45, 2.75) is 5.03 Å². The molecule has 2 heterocycles. The quantitative estimate of drug-likeness (QED) is 0.623. The smallest absolute Gasteiger partial charge is 0.231 e. The summed E-state index contributed by atoms with van der Waals surface area (Å²) in [6, 6.07) is 9.69. The lowest BCUT2D eigenvalue weighted by molar-refractivity contribution is 0.174. The predicted octanol–water partition coefficient (Wildman–Crippen LogP) is 2.61. The maximum Gasteiger partial charge on any atom is 0.231 e. The van der Waals surface area contributed by atoms with Gasteiger partial charge in [-0.2, -0.15) is 0 Å². The summed E-state index contributed by atoms with van der Waals surface area (Å²) < 4.78 is 15.7. The van der Waals surface area contributed by atoms with E-state index < -0.39 is 0 Å². The first-order chi connectivity index (χ1) is 9.86. The number of hydrogen-bond acceptors (Lipinski definition) is 6. The first-order valence-corrected chi connectivity index (χ1v) is 7.21. The van der Waals surface area contributed by atoms with Gasteiger partial charge in [-0.05, 0) is 30.3 Å². The molecule has 1 aliphatic rings. The predicted molar refractivity (Wildman–Crippen MR) is 76.2 cm³/mol. The molecule has 3 rings (SSSR count). The average Bonchev–Trinajstić information content (AvgIpc) is 2.96. The topological polar surface area (TPSA) is 53.5 Å². The molecule has 0 saturated carbocycles. The maximum absolute atomic E-state index is 5.36. The highest BCUT2D eigenvalue weighted by atomic mass is 32.2. The molecule has 0 bridgehead atoms. The van der Waals surface area contributed by atoms with Crippen LogP contribution in [0.5, 0.6) is 11.5 Å². The molecule has 0 radical (unpaired) electrons. The number of ether oxygens (including phenoxy) is 3. The molecular weight excluding hydrogens is 276 g/mol. The SMILES string of the molecule is COCCSc1ccc(-c2ccc3c(c2)OCO3)nn1. The molecule has 6 heteroatoms. The molecule has 20 heavy (non-hydrogen) atoms. The molecule has 0 fully saturated rings. The van der Waals surface area contributed by atoms with Gasteiger partial charge in [0.15, 0.2) is 11.5 Å². The van der Waals surface area contributed by atoms with Gasteiger partial charge in [-0.1, -0.05) is 0 Å². The number of hydrogen-bond donors (Lipinski definition) is 0. The number of thioether (sulfide) groups is 1.